The third-order valence-corrected chi connectivity index (χ3v) is 2.67. The number of nitrogens with zero attached hydrogens (tertiary/aromatic N) is 2. The highest BCUT2D eigenvalue weighted by Gasteiger charge is 2.25. The highest BCUT2D eigenvalue weighted by molar-refractivity contribution is 5.83. The van der Waals surface area contributed by atoms with E-state index < -0.39 is 0 Å². The number of carbonyl (C=O) groups excluding carboxylic acids is 1. The number of methoxy groups -OCH3 is 1. The van der Waals surface area contributed by atoms with Crippen LogP contribution in [-0.4, -0.2) is 22.9 Å². The Hall–Kier alpha value is -1.45. The standard InChI is InChI=1S/C12H18N2O2/c1-7(2)10(9(4)15)11-8(3)12(16-5)14-6-13-11/h6-7,10H,1-5H3. The first-order chi connectivity index (χ1) is 7.49. The molecule has 1 heterocycles. The van der Waals surface area contributed by atoms with Gasteiger partial charge >= 0.3 is 0 Å². The minimum atomic E-state index is -0.183. The van der Waals surface area contributed by atoms with Crippen LogP contribution in [0.3, 0.4) is 0 Å². The maximum Gasteiger partial charge on any atom is 0.219 e. The van der Waals surface area contributed by atoms with Crippen molar-refractivity contribution in [1.82, 2.24) is 9.97 Å². The molecular formula is C12H18N2O2. The van der Waals surface area contributed by atoms with E-state index in [1.165, 1.54) is 6.33 Å². The van der Waals surface area contributed by atoms with E-state index in [4.69, 9.17) is 4.74 Å². The molecule has 0 radical (unpaired) electrons. The number of ketones is 1. The maximum atomic E-state index is 11.6. The van der Waals surface area contributed by atoms with Crippen LogP contribution in [0.25, 0.3) is 0 Å². The first-order valence-corrected chi connectivity index (χ1v) is 5.35. The topological polar surface area (TPSA) is 52.1 Å². The van der Waals surface area contributed by atoms with Crippen molar-refractivity contribution in [2.75, 3.05) is 7.11 Å². The molecule has 4 nitrogen and oxygen atoms in total. The molecule has 0 amide bonds. The second-order valence-electron chi connectivity index (χ2n) is 4.23. The van der Waals surface area contributed by atoms with E-state index in [0.717, 1.165) is 11.3 Å². The van der Waals surface area contributed by atoms with Crippen molar-refractivity contribution >= 4 is 5.78 Å². The van der Waals surface area contributed by atoms with Gasteiger partial charge in [0.15, 0.2) is 0 Å². The molecule has 0 aliphatic carbocycles. The fourth-order valence-electron chi connectivity index (χ4n) is 1.94. The van der Waals surface area contributed by atoms with Gasteiger partial charge in [-0.1, -0.05) is 13.8 Å². The van der Waals surface area contributed by atoms with Gasteiger partial charge in [0.05, 0.1) is 18.7 Å². The zero-order valence-electron chi connectivity index (χ0n) is 10.4. The molecule has 0 saturated carbocycles. The van der Waals surface area contributed by atoms with E-state index in [1.54, 1.807) is 14.0 Å². The monoisotopic (exact) mass is 222 g/mol. The Morgan fingerprint density at radius 3 is 2.44 bits per heavy atom. The maximum absolute atomic E-state index is 11.6. The first kappa shape index (κ1) is 12.6. The molecule has 16 heavy (non-hydrogen) atoms. The van der Waals surface area contributed by atoms with Crippen molar-refractivity contribution in [2.24, 2.45) is 5.92 Å². The summed E-state index contributed by atoms with van der Waals surface area (Å²) < 4.78 is 5.13. The Bertz CT molecular complexity index is 389. The number of ether oxygens (including phenoxy) is 1. The predicted molar refractivity (Wildman–Crippen MR) is 61.6 cm³/mol. The summed E-state index contributed by atoms with van der Waals surface area (Å²) in [6, 6.07) is 0. The lowest BCUT2D eigenvalue weighted by Gasteiger charge is -2.19. The SMILES string of the molecule is COc1ncnc(C(C(C)=O)C(C)C)c1C. The van der Waals surface area contributed by atoms with Crippen LogP contribution in [0.5, 0.6) is 5.88 Å². The molecule has 0 bridgehead atoms. The Labute approximate surface area is 96.1 Å². The summed E-state index contributed by atoms with van der Waals surface area (Å²) in [5.74, 6) is 0.698. The van der Waals surface area contributed by atoms with Gasteiger partial charge in [0.2, 0.25) is 5.88 Å². The van der Waals surface area contributed by atoms with Crippen molar-refractivity contribution < 1.29 is 9.53 Å². The largest absolute Gasteiger partial charge is 0.481 e. The molecule has 88 valence electrons. The molecule has 0 aliphatic rings. The van der Waals surface area contributed by atoms with Crippen LogP contribution in [0, 0.1) is 12.8 Å². The van der Waals surface area contributed by atoms with Crippen molar-refractivity contribution in [3.8, 4) is 5.88 Å². The molecule has 1 aromatic rings. The summed E-state index contributed by atoms with van der Waals surface area (Å²) in [5, 5.41) is 0. The lowest BCUT2D eigenvalue weighted by Crippen LogP contribution is -2.18. The zero-order chi connectivity index (χ0) is 12.3. The average Bonchev–Trinajstić information content (AvgIpc) is 2.20. The molecule has 0 N–H and O–H groups in total. The number of hydrogen-bond acceptors (Lipinski definition) is 4. The van der Waals surface area contributed by atoms with Crippen LogP contribution in [0.4, 0.5) is 0 Å². The quantitative estimate of drug-likeness (QED) is 0.783. The molecule has 0 saturated heterocycles. The summed E-state index contributed by atoms with van der Waals surface area (Å²) >= 11 is 0. The van der Waals surface area contributed by atoms with Gasteiger partial charge in [0.25, 0.3) is 0 Å². The van der Waals surface area contributed by atoms with E-state index >= 15 is 0 Å². The first-order valence-electron chi connectivity index (χ1n) is 5.35. The molecule has 4 heteroatoms. The third-order valence-electron chi connectivity index (χ3n) is 2.67. The van der Waals surface area contributed by atoms with Gasteiger partial charge in [-0.05, 0) is 19.8 Å². The molecular weight excluding hydrogens is 204 g/mol. The van der Waals surface area contributed by atoms with E-state index in [-0.39, 0.29) is 17.6 Å². The van der Waals surface area contributed by atoms with Crippen LogP contribution in [-0.2, 0) is 4.79 Å². The van der Waals surface area contributed by atoms with Gasteiger partial charge in [0.1, 0.15) is 12.1 Å². The van der Waals surface area contributed by atoms with Crippen LogP contribution in [0.2, 0.25) is 0 Å². The van der Waals surface area contributed by atoms with Crippen molar-refractivity contribution in [3.63, 3.8) is 0 Å². The van der Waals surface area contributed by atoms with Crippen molar-refractivity contribution in [1.29, 1.82) is 0 Å². The van der Waals surface area contributed by atoms with E-state index in [9.17, 15) is 4.79 Å². The van der Waals surface area contributed by atoms with E-state index in [0.29, 0.717) is 5.88 Å². The smallest absolute Gasteiger partial charge is 0.219 e. The van der Waals surface area contributed by atoms with Crippen LogP contribution < -0.4 is 4.74 Å². The van der Waals surface area contributed by atoms with Gasteiger partial charge < -0.3 is 4.74 Å². The molecule has 1 rings (SSSR count). The Kier molecular flexibility index (Phi) is 3.99. The fourth-order valence-corrected chi connectivity index (χ4v) is 1.94. The van der Waals surface area contributed by atoms with Crippen molar-refractivity contribution in [2.45, 2.75) is 33.6 Å². The van der Waals surface area contributed by atoms with Crippen LogP contribution in [0.1, 0.15) is 37.9 Å². The third kappa shape index (κ3) is 2.38. The zero-order valence-corrected chi connectivity index (χ0v) is 10.4. The number of carbonyl (C=O) groups is 1. The van der Waals surface area contributed by atoms with E-state index in [2.05, 4.69) is 9.97 Å². The summed E-state index contributed by atoms with van der Waals surface area (Å²) in [4.78, 5) is 19.9. The Morgan fingerprint density at radius 1 is 1.38 bits per heavy atom. The molecule has 1 unspecified atom stereocenters. The van der Waals surface area contributed by atoms with Crippen LogP contribution in [0.15, 0.2) is 6.33 Å². The fraction of sp³-hybridized carbons (Fsp3) is 0.583. The second-order valence-corrected chi connectivity index (χ2v) is 4.23. The van der Waals surface area contributed by atoms with Gasteiger partial charge in [-0.3, -0.25) is 4.79 Å². The summed E-state index contributed by atoms with van der Waals surface area (Å²) in [5.41, 5.74) is 1.62. The Morgan fingerprint density at radius 2 is 2.00 bits per heavy atom. The molecule has 0 aliphatic heterocycles. The lowest BCUT2D eigenvalue weighted by molar-refractivity contribution is -0.119. The normalized spacial score (nSPS) is 12.6. The van der Waals surface area contributed by atoms with Gasteiger partial charge in [-0.15, -0.1) is 0 Å². The summed E-state index contributed by atoms with van der Waals surface area (Å²) in [7, 11) is 1.57. The van der Waals surface area contributed by atoms with Crippen LogP contribution >= 0.6 is 0 Å². The van der Waals surface area contributed by atoms with Crippen molar-refractivity contribution in [3.05, 3.63) is 17.6 Å². The lowest BCUT2D eigenvalue weighted by atomic mass is 9.87. The van der Waals surface area contributed by atoms with Gasteiger partial charge in [0, 0.05) is 5.56 Å². The minimum Gasteiger partial charge on any atom is -0.481 e. The molecule has 0 spiro atoms. The number of hydrogen-bond donors (Lipinski definition) is 0. The Balaban J connectivity index is 3.25. The van der Waals surface area contributed by atoms with Gasteiger partial charge in [-0.25, -0.2) is 9.97 Å². The number of rotatable bonds is 4. The summed E-state index contributed by atoms with van der Waals surface area (Å²) in [6.07, 6.45) is 1.44. The number of Topliss-reactive ketones (excluding diaryl/α,β-unsaturated/α-hetero) is 1. The number of aromatic nitrogens is 2. The molecule has 0 fully saturated rings. The molecule has 0 aromatic carbocycles. The minimum absolute atomic E-state index is 0.124. The average molecular weight is 222 g/mol. The predicted octanol–water partition coefficient (Wildman–Crippen LogP) is 2.12. The summed E-state index contributed by atoms with van der Waals surface area (Å²) in [6.45, 7) is 7.51. The molecule has 1 atom stereocenters. The van der Waals surface area contributed by atoms with E-state index in [1.807, 2.05) is 20.8 Å². The highest BCUT2D eigenvalue weighted by atomic mass is 16.5. The molecule has 1 aromatic heterocycles. The van der Waals surface area contributed by atoms with Gasteiger partial charge in [-0.2, -0.15) is 0 Å². The second kappa shape index (κ2) is 5.05. The highest BCUT2D eigenvalue weighted by Crippen LogP contribution is 2.29.